The molecule has 3 heteroatoms. The molecule has 0 radical (unpaired) electrons. The molecule has 1 saturated carbocycles. The van der Waals surface area contributed by atoms with Crippen LogP contribution in [0.4, 0.5) is 0 Å². The Hall–Kier alpha value is -1.12. The van der Waals surface area contributed by atoms with Crippen LogP contribution in [0.1, 0.15) is 19.3 Å². The van der Waals surface area contributed by atoms with E-state index in [-0.39, 0.29) is 11.6 Å². The van der Waals surface area contributed by atoms with Gasteiger partial charge in [-0.25, -0.2) is 0 Å². The number of ketones is 2. The zero-order chi connectivity index (χ0) is 9.14. The van der Waals surface area contributed by atoms with E-state index in [1.807, 2.05) is 14.1 Å². The van der Waals surface area contributed by atoms with Crippen LogP contribution in [-0.4, -0.2) is 30.6 Å². The SMILES string of the molecule is CN(C)/C=C1\CCCC(=O)C1=O. The van der Waals surface area contributed by atoms with Crippen molar-refractivity contribution in [3.63, 3.8) is 0 Å². The van der Waals surface area contributed by atoms with Crippen molar-refractivity contribution in [2.45, 2.75) is 19.3 Å². The van der Waals surface area contributed by atoms with E-state index >= 15 is 0 Å². The van der Waals surface area contributed by atoms with E-state index in [2.05, 4.69) is 0 Å². The molecule has 12 heavy (non-hydrogen) atoms. The number of carbonyl (C=O) groups excluding carboxylic acids is 2. The fraction of sp³-hybridized carbons (Fsp3) is 0.556. The Bertz CT molecular complexity index is 241. The van der Waals surface area contributed by atoms with Crippen LogP contribution in [-0.2, 0) is 9.59 Å². The maximum Gasteiger partial charge on any atom is 0.225 e. The molecule has 0 spiro atoms. The second-order valence-electron chi connectivity index (χ2n) is 3.22. The molecule has 0 saturated heterocycles. The van der Waals surface area contributed by atoms with Crippen LogP contribution >= 0.6 is 0 Å². The van der Waals surface area contributed by atoms with Crippen LogP contribution < -0.4 is 0 Å². The molecule has 0 N–H and O–H groups in total. The molecule has 1 aliphatic carbocycles. The van der Waals surface area contributed by atoms with Gasteiger partial charge >= 0.3 is 0 Å². The Labute approximate surface area is 72.0 Å². The third kappa shape index (κ3) is 1.94. The molecule has 1 fully saturated rings. The summed E-state index contributed by atoms with van der Waals surface area (Å²) in [4.78, 5) is 24.0. The largest absolute Gasteiger partial charge is 0.383 e. The van der Waals surface area contributed by atoms with Gasteiger partial charge in [-0.15, -0.1) is 0 Å². The van der Waals surface area contributed by atoms with Gasteiger partial charge in [-0.05, 0) is 12.8 Å². The van der Waals surface area contributed by atoms with Crippen molar-refractivity contribution in [2.75, 3.05) is 14.1 Å². The minimum Gasteiger partial charge on any atom is -0.383 e. The molecular formula is C9H13NO2. The molecule has 0 unspecified atom stereocenters. The van der Waals surface area contributed by atoms with E-state index in [1.165, 1.54) is 0 Å². The van der Waals surface area contributed by atoms with Crippen LogP contribution in [0, 0.1) is 0 Å². The molecule has 3 nitrogen and oxygen atoms in total. The predicted octanol–water partition coefficient (Wildman–Crippen LogP) is 0.754. The Morgan fingerprint density at radius 1 is 1.25 bits per heavy atom. The van der Waals surface area contributed by atoms with E-state index in [4.69, 9.17) is 0 Å². The average molecular weight is 167 g/mol. The lowest BCUT2D eigenvalue weighted by Crippen LogP contribution is -2.22. The second-order valence-corrected chi connectivity index (χ2v) is 3.22. The van der Waals surface area contributed by atoms with Crippen molar-refractivity contribution >= 4 is 11.6 Å². The topological polar surface area (TPSA) is 37.4 Å². The highest BCUT2D eigenvalue weighted by Gasteiger charge is 2.23. The van der Waals surface area contributed by atoms with Gasteiger partial charge in [0.1, 0.15) is 0 Å². The summed E-state index contributed by atoms with van der Waals surface area (Å²) in [6, 6.07) is 0. The summed E-state index contributed by atoms with van der Waals surface area (Å²) in [7, 11) is 3.69. The van der Waals surface area contributed by atoms with Crippen molar-refractivity contribution in [1.29, 1.82) is 0 Å². The molecule has 0 atom stereocenters. The van der Waals surface area contributed by atoms with Crippen LogP contribution in [0.25, 0.3) is 0 Å². The zero-order valence-electron chi connectivity index (χ0n) is 7.46. The van der Waals surface area contributed by atoms with E-state index in [1.54, 1.807) is 11.1 Å². The first-order valence-electron chi connectivity index (χ1n) is 4.06. The van der Waals surface area contributed by atoms with Gasteiger partial charge in [0.15, 0.2) is 0 Å². The summed E-state index contributed by atoms with van der Waals surface area (Å²) in [5, 5.41) is 0. The van der Waals surface area contributed by atoms with Crippen molar-refractivity contribution in [1.82, 2.24) is 4.90 Å². The second kappa shape index (κ2) is 3.52. The molecule has 0 heterocycles. The molecule has 0 aromatic carbocycles. The maximum absolute atomic E-state index is 11.2. The molecule has 0 aromatic rings. The summed E-state index contributed by atoms with van der Waals surface area (Å²) in [6.45, 7) is 0. The fourth-order valence-corrected chi connectivity index (χ4v) is 1.28. The van der Waals surface area contributed by atoms with Gasteiger partial charge in [-0.3, -0.25) is 9.59 Å². The lowest BCUT2D eigenvalue weighted by Gasteiger charge is -2.14. The van der Waals surface area contributed by atoms with E-state index in [0.29, 0.717) is 12.0 Å². The van der Waals surface area contributed by atoms with Crippen LogP contribution in [0.3, 0.4) is 0 Å². The number of carbonyl (C=O) groups is 2. The first kappa shape index (κ1) is 8.97. The first-order valence-corrected chi connectivity index (χ1v) is 4.06. The van der Waals surface area contributed by atoms with Gasteiger partial charge in [0, 0.05) is 32.3 Å². The lowest BCUT2D eigenvalue weighted by atomic mass is 9.93. The standard InChI is InChI=1S/C9H13NO2/c1-10(2)6-7-4-3-5-8(11)9(7)12/h6H,3-5H2,1-2H3/b7-6+. The Balaban J connectivity index is 2.77. The summed E-state index contributed by atoms with van der Waals surface area (Å²) in [6.07, 6.45) is 3.70. The van der Waals surface area contributed by atoms with Crippen molar-refractivity contribution in [2.24, 2.45) is 0 Å². The fourth-order valence-electron chi connectivity index (χ4n) is 1.28. The molecule has 0 aromatic heterocycles. The van der Waals surface area contributed by atoms with Gasteiger partial charge in [-0.2, -0.15) is 0 Å². The Morgan fingerprint density at radius 2 is 1.92 bits per heavy atom. The average Bonchev–Trinajstić information content (AvgIpc) is 1.98. The molecular weight excluding hydrogens is 154 g/mol. The number of hydrogen-bond acceptors (Lipinski definition) is 3. The summed E-state index contributed by atoms with van der Waals surface area (Å²) in [5.41, 5.74) is 0.649. The maximum atomic E-state index is 11.2. The van der Waals surface area contributed by atoms with Gasteiger partial charge in [-0.1, -0.05) is 0 Å². The smallest absolute Gasteiger partial charge is 0.225 e. The minimum atomic E-state index is -0.296. The summed E-state index contributed by atoms with van der Waals surface area (Å²) < 4.78 is 0. The van der Waals surface area contributed by atoms with Crippen molar-refractivity contribution in [3.05, 3.63) is 11.8 Å². The predicted molar refractivity (Wildman–Crippen MR) is 45.6 cm³/mol. The van der Waals surface area contributed by atoms with E-state index < -0.39 is 0 Å². The highest BCUT2D eigenvalue weighted by atomic mass is 16.2. The highest BCUT2D eigenvalue weighted by Crippen LogP contribution is 2.17. The monoisotopic (exact) mass is 167 g/mol. The van der Waals surface area contributed by atoms with Crippen molar-refractivity contribution in [3.8, 4) is 0 Å². The minimum absolute atomic E-state index is 0.241. The van der Waals surface area contributed by atoms with Crippen LogP contribution in [0.5, 0.6) is 0 Å². The Morgan fingerprint density at radius 3 is 2.50 bits per heavy atom. The quantitative estimate of drug-likeness (QED) is 0.427. The lowest BCUT2D eigenvalue weighted by molar-refractivity contribution is -0.135. The number of rotatable bonds is 1. The molecule has 1 rings (SSSR count). The molecule has 66 valence electrons. The van der Waals surface area contributed by atoms with Gasteiger partial charge in [0.2, 0.25) is 11.6 Å². The number of Topliss-reactive ketones (excluding diaryl/α,β-unsaturated/α-hetero) is 2. The van der Waals surface area contributed by atoms with Crippen LogP contribution in [0.15, 0.2) is 11.8 Å². The molecule has 0 aliphatic heterocycles. The number of allylic oxidation sites excluding steroid dienone is 1. The third-order valence-corrected chi connectivity index (χ3v) is 1.81. The zero-order valence-corrected chi connectivity index (χ0v) is 7.46. The molecule has 1 aliphatic rings. The summed E-state index contributed by atoms with van der Waals surface area (Å²) in [5.74, 6) is -0.538. The number of hydrogen-bond donors (Lipinski definition) is 0. The highest BCUT2D eigenvalue weighted by molar-refractivity contribution is 6.44. The summed E-state index contributed by atoms with van der Waals surface area (Å²) >= 11 is 0. The normalized spacial score (nSPS) is 21.7. The number of nitrogens with zero attached hydrogens (tertiary/aromatic N) is 1. The first-order chi connectivity index (χ1) is 5.61. The van der Waals surface area contributed by atoms with Gasteiger partial charge in [0.05, 0.1) is 0 Å². The van der Waals surface area contributed by atoms with Crippen LogP contribution in [0.2, 0.25) is 0 Å². The molecule has 0 bridgehead atoms. The third-order valence-electron chi connectivity index (χ3n) is 1.81. The van der Waals surface area contributed by atoms with Gasteiger partial charge < -0.3 is 4.90 Å². The van der Waals surface area contributed by atoms with E-state index in [9.17, 15) is 9.59 Å². The molecule has 0 amide bonds. The Kier molecular flexibility index (Phi) is 2.63. The van der Waals surface area contributed by atoms with Gasteiger partial charge in [0.25, 0.3) is 0 Å². The van der Waals surface area contributed by atoms with Crippen molar-refractivity contribution < 1.29 is 9.59 Å². The van der Waals surface area contributed by atoms with E-state index in [0.717, 1.165) is 12.8 Å².